The van der Waals surface area contributed by atoms with E-state index in [1.54, 1.807) is 24.5 Å². The molecule has 0 saturated heterocycles. The number of aromatic carboxylic acids is 1. The Bertz CT molecular complexity index is 1030. The molecule has 6 heteroatoms. The van der Waals surface area contributed by atoms with E-state index in [0.29, 0.717) is 33.1 Å². The number of carboxylic acids is 1. The predicted octanol–water partition coefficient (Wildman–Crippen LogP) is 2.42. The Morgan fingerprint density at radius 2 is 1.57 bits per heavy atom. The molecular formula is C15H8N4O2. The molecule has 0 aliphatic heterocycles. The predicted molar refractivity (Wildman–Crippen MR) is 77.1 cm³/mol. The van der Waals surface area contributed by atoms with Gasteiger partial charge < -0.3 is 5.11 Å². The standard InChI is InChI=1S/C15H8N4O2/c20-15(21)8-2-1-3-10-12(8)19-14-11(18-10)5-4-9-13(14)17-7-6-16-9/h1-7H,(H,20,21). The first-order chi connectivity index (χ1) is 10.2. The van der Waals surface area contributed by atoms with Crippen molar-refractivity contribution >= 4 is 39.1 Å². The van der Waals surface area contributed by atoms with Crippen LogP contribution in [0.3, 0.4) is 0 Å². The van der Waals surface area contributed by atoms with Gasteiger partial charge in [0.1, 0.15) is 16.6 Å². The third-order valence-electron chi connectivity index (χ3n) is 3.30. The maximum Gasteiger partial charge on any atom is 0.337 e. The number of rotatable bonds is 1. The highest BCUT2D eigenvalue weighted by Crippen LogP contribution is 2.23. The van der Waals surface area contributed by atoms with Crippen LogP contribution < -0.4 is 0 Å². The molecule has 6 nitrogen and oxygen atoms in total. The van der Waals surface area contributed by atoms with Crippen molar-refractivity contribution in [3.05, 3.63) is 48.3 Å². The van der Waals surface area contributed by atoms with E-state index >= 15 is 0 Å². The van der Waals surface area contributed by atoms with Gasteiger partial charge in [-0.25, -0.2) is 14.8 Å². The van der Waals surface area contributed by atoms with Crippen LogP contribution in [0.4, 0.5) is 0 Å². The van der Waals surface area contributed by atoms with E-state index in [9.17, 15) is 9.90 Å². The maximum absolute atomic E-state index is 11.3. The first kappa shape index (κ1) is 11.7. The lowest BCUT2D eigenvalue weighted by atomic mass is 10.1. The average molecular weight is 276 g/mol. The fourth-order valence-electron chi connectivity index (χ4n) is 2.36. The van der Waals surface area contributed by atoms with Crippen molar-refractivity contribution in [1.29, 1.82) is 0 Å². The molecule has 2 heterocycles. The number of fused-ring (bicyclic) bond motifs is 4. The molecule has 0 aliphatic carbocycles. The molecule has 0 bridgehead atoms. The van der Waals surface area contributed by atoms with Gasteiger partial charge in [-0.15, -0.1) is 0 Å². The summed E-state index contributed by atoms with van der Waals surface area (Å²) >= 11 is 0. The monoisotopic (exact) mass is 276 g/mol. The van der Waals surface area contributed by atoms with Crippen LogP contribution in [0.2, 0.25) is 0 Å². The van der Waals surface area contributed by atoms with E-state index in [2.05, 4.69) is 19.9 Å². The average Bonchev–Trinajstić information content (AvgIpc) is 2.52. The van der Waals surface area contributed by atoms with Crippen LogP contribution in [0, 0.1) is 0 Å². The zero-order valence-corrected chi connectivity index (χ0v) is 10.7. The first-order valence-electron chi connectivity index (χ1n) is 6.27. The Kier molecular flexibility index (Phi) is 2.32. The summed E-state index contributed by atoms with van der Waals surface area (Å²) in [5.74, 6) is -1.03. The van der Waals surface area contributed by atoms with E-state index in [-0.39, 0.29) is 5.56 Å². The van der Waals surface area contributed by atoms with Crippen molar-refractivity contribution in [3.8, 4) is 0 Å². The largest absolute Gasteiger partial charge is 0.478 e. The third-order valence-corrected chi connectivity index (χ3v) is 3.30. The summed E-state index contributed by atoms with van der Waals surface area (Å²) in [6.45, 7) is 0. The van der Waals surface area contributed by atoms with Gasteiger partial charge in [0.15, 0.2) is 0 Å². The highest BCUT2D eigenvalue weighted by atomic mass is 16.4. The van der Waals surface area contributed by atoms with Gasteiger partial charge in [-0.1, -0.05) is 6.07 Å². The molecular weight excluding hydrogens is 268 g/mol. The Morgan fingerprint density at radius 3 is 2.43 bits per heavy atom. The normalized spacial score (nSPS) is 11.2. The quantitative estimate of drug-likeness (QED) is 0.424. The summed E-state index contributed by atoms with van der Waals surface area (Å²) in [6, 6.07) is 8.56. The minimum absolute atomic E-state index is 0.128. The lowest BCUT2D eigenvalue weighted by Gasteiger charge is -2.05. The SMILES string of the molecule is O=C(O)c1cccc2nc3ccc4nccnc4c3nc12. The fraction of sp³-hybridized carbons (Fsp3) is 0. The molecule has 2 aromatic heterocycles. The van der Waals surface area contributed by atoms with Crippen molar-refractivity contribution in [2.45, 2.75) is 0 Å². The fourth-order valence-corrected chi connectivity index (χ4v) is 2.36. The van der Waals surface area contributed by atoms with Gasteiger partial charge in [0.25, 0.3) is 0 Å². The second kappa shape index (κ2) is 4.17. The molecule has 0 amide bonds. The highest BCUT2D eigenvalue weighted by Gasteiger charge is 2.13. The molecule has 4 aromatic rings. The number of hydrogen-bond acceptors (Lipinski definition) is 5. The van der Waals surface area contributed by atoms with Gasteiger partial charge >= 0.3 is 5.97 Å². The zero-order valence-electron chi connectivity index (χ0n) is 10.7. The summed E-state index contributed by atoms with van der Waals surface area (Å²) < 4.78 is 0. The Labute approximate surface area is 118 Å². The molecule has 0 unspecified atom stereocenters. The van der Waals surface area contributed by atoms with E-state index in [1.807, 2.05) is 12.1 Å². The van der Waals surface area contributed by atoms with Crippen LogP contribution in [0.1, 0.15) is 10.4 Å². The van der Waals surface area contributed by atoms with Crippen molar-refractivity contribution in [1.82, 2.24) is 19.9 Å². The summed E-state index contributed by atoms with van der Waals surface area (Å²) in [7, 11) is 0. The highest BCUT2D eigenvalue weighted by molar-refractivity contribution is 6.06. The van der Waals surface area contributed by atoms with E-state index in [0.717, 1.165) is 0 Å². The van der Waals surface area contributed by atoms with Gasteiger partial charge in [-0.05, 0) is 24.3 Å². The van der Waals surface area contributed by atoms with Gasteiger partial charge in [0.2, 0.25) is 0 Å². The number of aromatic nitrogens is 4. The molecule has 100 valence electrons. The number of carbonyl (C=O) groups is 1. The van der Waals surface area contributed by atoms with E-state index in [1.165, 1.54) is 6.07 Å². The molecule has 0 fully saturated rings. The Hall–Kier alpha value is -3.15. The molecule has 0 atom stereocenters. The smallest absolute Gasteiger partial charge is 0.337 e. The molecule has 1 N–H and O–H groups in total. The lowest BCUT2D eigenvalue weighted by Crippen LogP contribution is -2.00. The number of para-hydroxylation sites is 1. The molecule has 2 aromatic carbocycles. The summed E-state index contributed by atoms with van der Waals surface area (Å²) in [5, 5.41) is 9.27. The van der Waals surface area contributed by atoms with Crippen LogP contribution in [0.25, 0.3) is 33.1 Å². The van der Waals surface area contributed by atoms with Crippen LogP contribution in [-0.4, -0.2) is 31.0 Å². The van der Waals surface area contributed by atoms with Gasteiger partial charge in [-0.3, -0.25) is 9.97 Å². The number of hydrogen-bond donors (Lipinski definition) is 1. The molecule has 4 rings (SSSR count). The van der Waals surface area contributed by atoms with Crippen LogP contribution in [-0.2, 0) is 0 Å². The van der Waals surface area contributed by atoms with E-state index in [4.69, 9.17) is 0 Å². The van der Waals surface area contributed by atoms with Crippen molar-refractivity contribution in [2.75, 3.05) is 0 Å². The van der Waals surface area contributed by atoms with Gasteiger partial charge in [0.05, 0.1) is 22.1 Å². The number of benzene rings is 2. The second-order valence-electron chi connectivity index (χ2n) is 4.56. The summed E-state index contributed by atoms with van der Waals surface area (Å²) in [4.78, 5) is 28.8. The zero-order chi connectivity index (χ0) is 14.4. The molecule has 0 saturated carbocycles. The van der Waals surface area contributed by atoms with Crippen LogP contribution in [0.5, 0.6) is 0 Å². The lowest BCUT2D eigenvalue weighted by molar-refractivity contribution is 0.0699. The molecule has 21 heavy (non-hydrogen) atoms. The minimum Gasteiger partial charge on any atom is -0.478 e. The Morgan fingerprint density at radius 1 is 0.810 bits per heavy atom. The second-order valence-corrected chi connectivity index (χ2v) is 4.56. The number of carboxylic acid groups (broad SMARTS) is 1. The number of nitrogens with zero attached hydrogens (tertiary/aromatic N) is 4. The van der Waals surface area contributed by atoms with Gasteiger partial charge in [0, 0.05) is 12.4 Å². The van der Waals surface area contributed by atoms with Crippen LogP contribution >= 0.6 is 0 Å². The first-order valence-corrected chi connectivity index (χ1v) is 6.27. The minimum atomic E-state index is -1.03. The molecule has 0 aliphatic rings. The third kappa shape index (κ3) is 1.69. The molecule has 0 radical (unpaired) electrons. The Balaban J connectivity index is 2.23. The summed E-state index contributed by atoms with van der Waals surface area (Å²) in [5.41, 5.74) is 3.57. The van der Waals surface area contributed by atoms with Crippen molar-refractivity contribution < 1.29 is 9.90 Å². The summed E-state index contributed by atoms with van der Waals surface area (Å²) in [6.07, 6.45) is 3.18. The molecule has 0 spiro atoms. The topological polar surface area (TPSA) is 88.9 Å². The van der Waals surface area contributed by atoms with Crippen LogP contribution in [0.15, 0.2) is 42.7 Å². The van der Waals surface area contributed by atoms with Crippen molar-refractivity contribution in [3.63, 3.8) is 0 Å². The maximum atomic E-state index is 11.3. The van der Waals surface area contributed by atoms with E-state index < -0.39 is 5.97 Å². The van der Waals surface area contributed by atoms with Crippen molar-refractivity contribution in [2.24, 2.45) is 0 Å². The van der Waals surface area contributed by atoms with Gasteiger partial charge in [-0.2, -0.15) is 0 Å².